The molecule has 8 nitrogen and oxygen atoms in total. The maximum atomic E-state index is 15.2. The van der Waals surface area contributed by atoms with Gasteiger partial charge in [0.2, 0.25) is 11.9 Å². The first-order valence-electron chi connectivity index (χ1n) is 14.0. The molecule has 1 aliphatic heterocycles. The van der Waals surface area contributed by atoms with E-state index in [1.807, 2.05) is 0 Å². The van der Waals surface area contributed by atoms with Gasteiger partial charge in [0, 0.05) is 25.0 Å². The number of primary amides is 1. The number of carbonyl (C=O) groups excluding carboxylic acids is 2. The fourth-order valence-corrected chi connectivity index (χ4v) is 5.08. The lowest BCUT2D eigenvalue weighted by Crippen LogP contribution is -2.41. The summed E-state index contributed by atoms with van der Waals surface area (Å²) in [5, 5.41) is 2.81. The van der Waals surface area contributed by atoms with Gasteiger partial charge in [-0.3, -0.25) is 4.79 Å². The van der Waals surface area contributed by atoms with E-state index in [-0.39, 0.29) is 42.5 Å². The van der Waals surface area contributed by atoms with Crippen molar-refractivity contribution in [2.24, 2.45) is 5.73 Å². The van der Waals surface area contributed by atoms with Crippen LogP contribution in [-0.2, 0) is 35.0 Å². The van der Waals surface area contributed by atoms with E-state index in [0.717, 1.165) is 0 Å². The number of amides is 2. The first kappa shape index (κ1) is 31.7. The number of ether oxygens (including phenoxy) is 1. The minimum Gasteiger partial charge on any atom is -0.444 e. The van der Waals surface area contributed by atoms with E-state index >= 15 is 4.39 Å². The first-order valence-corrected chi connectivity index (χ1v) is 14.0. The molecule has 3 aromatic rings. The predicted molar refractivity (Wildman–Crippen MR) is 153 cm³/mol. The lowest BCUT2D eigenvalue weighted by atomic mass is 9.89. The first-order chi connectivity index (χ1) is 20.2. The molecule has 12 heteroatoms. The maximum Gasteiger partial charge on any atom is 0.419 e. The van der Waals surface area contributed by atoms with Gasteiger partial charge in [0.1, 0.15) is 11.4 Å². The van der Waals surface area contributed by atoms with E-state index in [1.165, 1.54) is 6.07 Å². The summed E-state index contributed by atoms with van der Waals surface area (Å²) in [5.41, 5.74) is 5.63. The summed E-state index contributed by atoms with van der Waals surface area (Å²) in [6.45, 7) is 6.27. The van der Waals surface area contributed by atoms with Crippen molar-refractivity contribution in [3.8, 4) is 0 Å². The predicted octanol–water partition coefficient (Wildman–Crippen LogP) is 6.31. The van der Waals surface area contributed by atoms with Crippen LogP contribution in [0.3, 0.4) is 0 Å². The van der Waals surface area contributed by atoms with Crippen LogP contribution in [0.25, 0.3) is 0 Å². The summed E-state index contributed by atoms with van der Waals surface area (Å²) in [7, 11) is 0. The second-order valence-corrected chi connectivity index (χ2v) is 11.6. The zero-order valence-electron chi connectivity index (χ0n) is 24.3. The highest BCUT2D eigenvalue weighted by molar-refractivity contribution is 5.77. The maximum absolute atomic E-state index is 15.2. The van der Waals surface area contributed by atoms with E-state index < -0.39 is 35.2 Å². The van der Waals surface area contributed by atoms with E-state index in [1.54, 1.807) is 62.1 Å². The van der Waals surface area contributed by atoms with E-state index in [9.17, 15) is 22.8 Å². The number of benzene rings is 2. The number of carbonyl (C=O) groups is 2. The summed E-state index contributed by atoms with van der Waals surface area (Å²) < 4.78 is 61.9. The van der Waals surface area contributed by atoms with Crippen molar-refractivity contribution in [3.05, 3.63) is 82.4 Å². The van der Waals surface area contributed by atoms with Crippen molar-refractivity contribution in [1.29, 1.82) is 0 Å². The molecule has 2 amide bonds. The Kier molecular flexibility index (Phi) is 9.56. The van der Waals surface area contributed by atoms with Crippen molar-refractivity contribution < 1.29 is 31.9 Å². The van der Waals surface area contributed by atoms with Gasteiger partial charge in [-0.1, -0.05) is 30.3 Å². The molecule has 230 valence electrons. The van der Waals surface area contributed by atoms with Gasteiger partial charge >= 0.3 is 12.3 Å². The summed E-state index contributed by atoms with van der Waals surface area (Å²) in [6.07, 6.45) is -3.12. The van der Waals surface area contributed by atoms with Crippen molar-refractivity contribution in [2.75, 3.05) is 18.4 Å². The number of anilines is 2. The van der Waals surface area contributed by atoms with Crippen molar-refractivity contribution in [3.63, 3.8) is 0 Å². The fourth-order valence-electron chi connectivity index (χ4n) is 5.08. The van der Waals surface area contributed by atoms with Gasteiger partial charge in [-0.05, 0) is 81.2 Å². The second-order valence-electron chi connectivity index (χ2n) is 11.6. The monoisotopic (exact) mass is 601 g/mol. The van der Waals surface area contributed by atoms with Gasteiger partial charge in [-0.25, -0.2) is 19.2 Å². The largest absolute Gasteiger partial charge is 0.444 e. The number of nitrogens with one attached hydrogen (secondary N) is 1. The zero-order chi connectivity index (χ0) is 31.4. The highest BCUT2D eigenvalue weighted by Gasteiger charge is 2.35. The van der Waals surface area contributed by atoms with Crippen molar-refractivity contribution in [1.82, 2.24) is 14.9 Å². The molecule has 4 rings (SSSR count). The SMILES string of the molecule is CC(C)(C)OC(=O)N1CCC(c2ccc(Nc3ncc(C(F)(F)F)c(CCc4ccccc4CC(N)=O)n3)cc2F)CC1. The Bertz CT molecular complexity index is 1460. The van der Waals surface area contributed by atoms with Crippen LogP contribution in [0.4, 0.5) is 34.0 Å². The quantitative estimate of drug-likeness (QED) is 0.293. The van der Waals surface area contributed by atoms with E-state index in [2.05, 4.69) is 15.3 Å². The molecule has 1 saturated heterocycles. The topological polar surface area (TPSA) is 110 Å². The Morgan fingerprint density at radius 3 is 2.33 bits per heavy atom. The van der Waals surface area contributed by atoms with E-state index in [0.29, 0.717) is 48.8 Å². The van der Waals surface area contributed by atoms with Crippen LogP contribution in [0, 0.1) is 5.82 Å². The number of alkyl halides is 3. The Balaban J connectivity index is 1.46. The number of rotatable bonds is 8. The molecule has 0 saturated carbocycles. The van der Waals surface area contributed by atoms with Crippen molar-refractivity contribution in [2.45, 2.75) is 70.6 Å². The lowest BCUT2D eigenvalue weighted by Gasteiger charge is -2.33. The average molecular weight is 602 g/mol. The molecule has 1 aliphatic rings. The minimum absolute atomic E-state index is 0.0245. The molecule has 3 N–H and O–H groups in total. The van der Waals surface area contributed by atoms with Crippen LogP contribution in [0.5, 0.6) is 0 Å². The van der Waals surface area contributed by atoms with Gasteiger partial charge in [0.25, 0.3) is 0 Å². The number of hydrogen-bond acceptors (Lipinski definition) is 6. The molecule has 0 aliphatic carbocycles. The average Bonchev–Trinajstić information content (AvgIpc) is 2.91. The number of nitrogens with zero attached hydrogens (tertiary/aromatic N) is 3. The Hall–Kier alpha value is -4.22. The number of aryl methyl sites for hydroxylation is 2. The van der Waals surface area contributed by atoms with Gasteiger partial charge < -0.3 is 20.7 Å². The zero-order valence-corrected chi connectivity index (χ0v) is 24.3. The van der Waals surface area contributed by atoms with Gasteiger partial charge in [-0.15, -0.1) is 0 Å². The van der Waals surface area contributed by atoms with E-state index in [4.69, 9.17) is 10.5 Å². The van der Waals surface area contributed by atoms with Crippen LogP contribution in [-0.4, -0.2) is 45.6 Å². The third kappa shape index (κ3) is 8.65. The standard InChI is InChI=1S/C31H35F4N5O3/c1-30(2,3)43-29(42)40-14-12-20(13-15-40)23-10-9-22(17-25(23)32)38-28-37-18-24(31(33,34)35)26(39-28)11-8-19-6-4-5-7-21(19)16-27(36)41/h4-7,9-10,17-18,20H,8,11-16H2,1-3H3,(H2,36,41)(H,37,38,39). The number of halogens is 4. The number of nitrogens with two attached hydrogens (primary N) is 1. The number of hydrogen-bond donors (Lipinski definition) is 2. The third-order valence-electron chi connectivity index (χ3n) is 7.13. The third-order valence-corrected chi connectivity index (χ3v) is 7.13. The van der Waals surface area contributed by atoms with Crippen LogP contribution < -0.4 is 11.1 Å². The molecule has 2 heterocycles. The summed E-state index contributed by atoms with van der Waals surface area (Å²) in [5.74, 6) is -1.22. The molecule has 43 heavy (non-hydrogen) atoms. The van der Waals surface area contributed by atoms with Gasteiger partial charge in [0.05, 0.1) is 17.7 Å². The van der Waals surface area contributed by atoms with Crippen LogP contribution in [0.1, 0.15) is 67.5 Å². The molecule has 0 unspecified atom stereocenters. The normalized spacial score (nSPS) is 14.4. The molecule has 0 radical (unpaired) electrons. The summed E-state index contributed by atoms with van der Waals surface area (Å²) in [4.78, 5) is 33.3. The van der Waals surface area contributed by atoms with Crippen LogP contribution in [0.2, 0.25) is 0 Å². The highest BCUT2D eigenvalue weighted by atomic mass is 19.4. The number of aromatic nitrogens is 2. The number of likely N-dealkylation sites (tertiary alicyclic amines) is 1. The Morgan fingerprint density at radius 1 is 1.05 bits per heavy atom. The fraction of sp³-hybridized carbons (Fsp3) is 0.419. The minimum atomic E-state index is -4.67. The second kappa shape index (κ2) is 13.0. The van der Waals surface area contributed by atoms with Gasteiger partial charge in [0.15, 0.2) is 0 Å². The summed E-state index contributed by atoms with van der Waals surface area (Å²) in [6, 6.07) is 11.4. The highest BCUT2D eigenvalue weighted by Crippen LogP contribution is 2.34. The Morgan fingerprint density at radius 2 is 1.72 bits per heavy atom. The van der Waals surface area contributed by atoms with Gasteiger partial charge in [-0.2, -0.15) is 13.2 Å². The molecule has 0 bridgehead atoms. The van der Waals surface area contributed by atoms with Crippen molar-refractivity contribution >= 4 is 23.6 Å². The molecule has 0 spiro atoms. The molecule has 1 fully saturated rings. The lowest BCUT2D eigenvalue weighted by molar-refractivity contribution is -0.138. The number of piperidine rings is 1. The molecular formula is C31H35F4N5O3. The molecule has 0 atom stereocenters. The molecule has 2 aromatic carbocycles. The Labute approximate surface area is 247 Å². The molecular weight excluding hydrogens is 566 g/mol. The van der Waals surface area contributed by atoms with Crippen LogP contribution >= 0.6 is 0 Å². The smallest absolute Gasteiger partial charge is 0.419 e. The van der Waals surface area contributed by atoms with Crippen LogP contribution in [0.15, 0.2) is 48.7 Å². The summed E-state index contributed by atoms with van der Waals surface area (Å²) >= 11 is 0. The molecule has 1 aromatic heterocycles.